The van der Waals surface area contributed by atoms with E-state index in [2.05, 4.69) is 5.32 Å². The van der Waals surface area contributed by atoms with Crippen LogP contribution >= 0.6 is 0 Å². The third-order valence-corrected chi connectivity index (χ3v) is 3.23. The summed E-state index contributed by atoms with van der Waals surface area (Å²) in [6.07, 6.45) is 0.734. The highest BCUT2D eigenvalue weighted by Crippen LogP contribution is 2.28. The lowest BCUT2D eigenvalue weighted by Gasteiger charge is -2.29. The van der Waals surface area contributed by atoms with E-state index >= 15 is 0 Å². The fourth-order valence-electron chi connectivity index (χ4n) is 2.04. The summed E-state index contributed by atoms with van der Waals surface area (Å²) in [5, 5.41) is 3.34. The smallest absolute Gasteiger partial charge is 0.127 e. The maximum absolute atomic E-state index is 13.9. The monoisotopic (exact) mass is 253 g/mol. The first kappa shape index (κ1) is 15.1. The number of aryl methyl sites for hydroxylation is 1. The summed E-state index contributed by atoms with van der Waals surface area (Å²) in [4.78, 5) is 0. The van der Waals surface area contributed by atoms with Crippen molar-refractivity contribution in [1.82, 2.24) is 5.32 Å². The minimum Gasteiger partial charge on any atom is -0.379 e. The van der Waals surface area contributed by atoms with Crippen LogP contribution in [0.5, 0.6) is 0 Å². The topological polar surface area (TPSA) is 21.3 Å². The van der Waals surface area contributed by atoms with Crippen LogP contribution in [0.25, 0.3) is 0 Å². The number of hydrogen-bond donors (Lipinski definition) is 1. The second-order valence-electron chi connectivity index (χ2n) is 5.30. The predicted octanol–water partition coefficient (Wildman–Crippen LogP) is 3.60. The normalized spacial score (nSPS) is 13.7. The Morgan fingerprint density at radius 2 is 2.06 bits per heavy atom. The van der Waals surface area contributed by atoms with E-state index in [1.54, 1.807) is 13.2 Å². The summed E-state index contributed by atoms with van der Waals surface area (Å²) in [6.45, 7) is 8.85. The Labute approximate surface area is 110 Å². The molecule has 0 aromatic heterocycles. The van der Waals surface area contributed by atoms with Crippen LogP contribution in [0.1, 0.15) is 44.4 Å². The highest BCUT2D eigenvalue weighted by molar-refractivity contribution is 5.27. The first-order valence-corrected chi connectivity index (χ1v) is 6.44. The van der Waals surface area contributed by atoms with Crippen molar-refractivity contribution >= 4 is 0 Å². The molecule has 0 spiro atoms. The van der Waals surface area contributed by atoms with Crippen LogP contribution in [0.15, 0.2) is 18.2 Å². The summed E-state index contributed by atoms with van der Waals surface area (Å²) in [5.41, 5.74) is 1.52. The second kappa shape index (κ2) is 6.30. The molecule has 1 N–H and O–H groups in total. The molecule has 0 bridgehead atoms. The van der Waals surface area contributed by atoms with Crippen LogP contribution in [-0.4, -0.2) is 19.3 Å². The molecule has 0 aliphatic rings. The fraction of sp³-hybridized carbons (Fsp3) is 0.600. The minimum atomic E-state index is -0.275. The molecule has 18 heavy (non-hydrogen) atoms. The molecule has 0 amide bonds. The van der Waals surface area contributed by atoms with Crippen molar-refractivity contribution in [1.29, 1.82) is 0 Å². The number of rotatable bonds is 6. The van der Waals surface area contributed by atoms with E-state index in [-0.39, 0.29) is 17.5 Å². The second-order valence-corrected chi connectivity index (χ2v) is 5.30. The largest absolute Gasteiger partial charge is 0.379 e. The van der Waals surface area contributed by atoms with Gasteiger partial charge in [0.15, 0.2) is 0 Å². The molecule has 1 atom stereocenters. The lowest BCUT2D eigenvalue weighted by Crippen LogP contribution is -2.32. The zero-order valence-electron chi connectivity index (χ0n) is 12.0. The van der Waals surface area contributed by atoms with Gasteiger partial charge in [0.25, 0.3) is 0 Å². The Kier molecular flexibility index (Phi) is 5.29. The lowest BCUT2D eigenvalue weighted by molar-refractivity contribution is 0.00671. The summed E-state index contributed by atoms with van der Waals surface area (Å²) >= 11 is 0. The van der Waals surface area contributed by atoms with E-state index < -0.39 is 0 Å². The van der Waals surface area contributed by atoms with Crippen molar-refractivity contribution in [3.8, 4) is 0 Å². The van der Waals surface area contributed by atoms with Gasteiger partial charge in [0.2, 0.25) is 0 Å². The molecule has 0 saturated carbocycles. The Balaban J connectivity index is 3.00. The van der Waals surface area contributed by atoms with E-state index in [9.17, 15) is 4.39 Å². The average Bonchev–Trinajstić information content (AvgIpc) is 2.31. The maximum atomic E-state index is 13.9. The number of ether oxygens (including phenoxy) is 1. The van der Waals surface area contributed by atoms with Gasteiger partial charge < -0.3 is 10.1 Å². The summed E-state index contributed by atoms with van der Waals surface area (Å²) in [5.74, 6) is -0.154. The first-order valence-electron chi connectivity index (χ1n) is 6.44. The summed E-state index contributed by atoms with van der Waals surface area (Å²) in [7, 11) is 1.69. The van der Waals surface area contributed by atoms with E-state index in [1.807, 2.05) is 33.8 Å². The molecule has 1 unspecified atom stereocenters. The van der Waals surface area contributed by atoms with Gasteiger partial charge in [-0.15, -0.1) is 0 Å². The molecule has 1 rings (SSSR count). The molecular weight excluding hydrogens is 229 g/mol. The Morgan fingerprint density at radius 1 is 1.39 bits per heavy atom. The van der Waals surface area contributed by atoms with Crippen LogP contribution in [0.4, 0.5) is 4.39 Å². The molecule has 2 nitrogen and oxygen atoms in total. The summed E-state index contributed by atoms with van der Waals surface area (Å²) in [6, 6.07) is 5.22. The van der Waals surface area contributed by atoms with Crippen molar-refractivity contribution < 1.29 is 9.13 Å². The molecule has 0 fully saturated rings. The van der Waals surface area contributed by atoms with Crippen LogP contribution in [0, 0.1) is 12.7 Å². The van der Waals surface area contributed by atoms with Crippen molar-refractivity contribution in [2.45, 2.75) is 45.8 Å². The van der Waals surface area contributed by atoms with Gasteiger partial charge in [-0.3, -0.25) is 0 Å². The molecule has 0 heterocycles. The van der Waals surface area contributed by atoms with Crippen LogP contribution in [0.2, 0.25) is 0 Å². The molecule has 3 heteroatoms. The number of methoxy groups -OCH3 is 1. The van der Waals surface area contributed by atoms with Crippen molar-refractivity contribution in [2.24, 2.45) is 0 Å². The molecular formula is C15H24FNO. The van der Waals surface area contributed by atoms with Gasteiger partial charge in [0, 0.05) is 18.7 Å². The minimum absolute atomic E-state index is 0.0233. The van der Waals surface area contributed by atoms with E-state index in [1.165, 1.54) is 6.07 Å². The van der Waals surface area contributed by atoms with E-state index in [0.29, 0.717) is 0 Å². The van der Waals surface area contributed by atoms with Gasteiger partial charge in [-0.05, 0) is 39.8 Å². The van der Waals surface area contributed by atoms with Gasteiger partial charge in [0.05, 0.1) is 5.60 Å². The van der Waals surface area contributed by atoms with Crippen LogP contribution in [-0.2, 0) is 4.74 Å². The molecule has 0 saturated heterocycles. The average molecular weight is 253 g/mol. The van der Waals surface area contributed by atoms with E-state index in [4.69, 9.17) is 4.74 Å². The quantitative estimate of drug-likeness (QED) is 0.836. The molecule has 102 valence electrons. The lowest BCUT2D eigenvalue weighted by atomic mass is 9.92. The van der Waals surface area contributed by atoms with Gasteiger partial charge in [0.1, 0.15) is 5.82 Å². The number of nitrogens with one attached hydrogen (secondary N) is 1. The zero-order chi connectivity index (χ0) is 13.8. The maximum Gasteiger partial charge on any atom is 0.127 e. The molecule has 1 aromatic rings. The number of halogens is 1. The number of hydrogen-bond acceptors (Lipinski definition) is 2. The van der Waals surface area contributed by atoms with Crippen molar-refractivity contribution in [2.75, 3.05) is 13.7 Å². The van der Waals surface area contributed by atoms with Gasteiger partial charge in [-0.1, -0.05) is 24.6 Å². The molecule has 0 aliphatic heterocycles. The third-order valence-electron chi connectivity index (χ3n) is 3.23. The number of benzene rings is 1. The van der Waals surface area contributed by atoms with Crippen molar-refractivity contribution in [3.05, 3.63) is 35.1 Å². The standard InChI is InChI=1S/C15H24FNO/c1-6-17-14(10-15(3,4)18-5)12-9-11(2)7-8-13(12)16/h7-9,14,17H,6,10H2,1-5H3. The zero-order valence-corrected chi connectivity index (χ0v) is 12.0. The molecule has 0 radical (unpaired) electrons. The van der Waals surface area contributed by atoms with E-state index in [0.717, 1.165) is 24.1 Å². The van der Waals surface area contributed by atoms with Crippen molar-refractivity contribution in [3.63, 3.8) is 0 Å². The van der Waals surface area contributed by atoms with Crippen LogP contribution < -0.4 is 5.32 Å². The SMILES string of the molecule is CCNC(CC(C)(C)OC)c1cc(C)ccc1F. The van der Waals surface area contributed by atoms with Gasteiger partial charge >= 0.3 is 0 Å². The molecule has 1 aromatic carbocycles. The molecule has 0 aliphatic carbocycles. The van der Waals surface area contributed by atoms with Gasteiger partial charge in [-0.2, -0.15) is 0 Å². The Bertz CT molecular complexity index is 390. The Hall–Kier alpha value is -0.930. The highest BCUT2D eigenvalue weighted by atomic mass is 19.1. The van der Waals surface area contributed by atoms with Gasteiger partial charge in [-0.25, -0.2) is 4.39 Å². The summed E-state index contributed by atoms with van der Waals surface area (Å²) < 4.78 is 19.4. The third kappa shape index (κ3) is 4.07. The predicted molar refractivity (Wildman–Crippen MR) is 73.3 cm³/mol. The Morgan fingerprint density at radius 3 is 2.61 bits per heavy atom. The highest BCUT2D eigenvalue weighted by Gasteiger charge is 2.25. The first-order chi connectivity index (χ1) is 8.39. The fourth-order valence-corrected chi connectivity index (χ4v) is 2.04. The van der Waals surface area contributed by atoms with Crippen LogP contribution in [0.3, 0.4) is 0 Å².